The lowest BCUT2D eigenvalue weighted by atomic mass is 10.2. The van der Waals surface area contributed by atoms with E-state index in [-0.39, 0.29) is 11.5 Å². The average molecular weight is 306 g/mol. The van der Waals surface area contributed by atoms with Crippen LogP contribution in [0.3, 0.4) is 0 Å². The average Bonchev–Trinajstić information content (AvgIpc) is 3.40. The van der Waals surface area contributed by atoms with Crippen LogP contribution in [0.25, 0.3) is 16.6 Å². The largest absolute Gasteiger partial charge is 0.349 e. The molecular formula is C17H14N4O2. The summed E-state index contributed by atoms with van der Waals surface area (Å²) in [6, 6.07) is 14.2. The molecular weight excluding hydrogens is 292 g/mol. The summed E-state index contributed by atoms with van der Waals surface area (Å²) in [6.45, 7) is 0. The summed E-state index contributed by atoms with van der Waals surface area (Å²) in [5.41, 5.74) is 1.48. The van der Waals surface area contributed by atoms with Gasteiger partial charge < -0.3 is 5.32 Å². The van der Waals surface area contributed by atoms with Gasteiger partial charge in [-0.2, -0.15) is 4.68 Å². The zero-order valence-corrected chi connectivity index (χ0v) is 12.3. The molecule has 0 radical (unpaired) electrons. The first-order valence-corrected chi connectivity index (χ1v) is 7.48. The van der Waals surface area contributed by atoms with E-state index in [1.54, 1.807) is 42.5 Å². The van der Waals surface area contributed by atoms with Crippen LogP contribution in [0.15, 0.2) is 53.3 Å². The van der Waals surface area contributed by atoms with E-state index in [2.05, 4.69) is 15.6 Å². The van der Waals surface area contributed by atoms with Crippen LogP contribution in [0.2, 0.25) is 0 Å². The van der Waals surface area contributed by atoms with Crippen molar-refractivity contribution in [2.45, 2.75) is 18.9 Å². The Morgan fingerprint density at radius 2 is 1.83 bits per heavy atom. The van der Waals surface area contributed by atoms with Crippen LogP contribution in [0, 0.1) is 0 Å². The molecule has 3 aromatic rings. The van der Waals surface area contributed by atoms with Gasteiger partial charge in [-0.1, -0.05) is 17.3 Å². The topological polar surface area (TPSA) is 76.9 Å². The van der Waals surface area contributed by atoms with E-state index in [0.29, 0.717) is 28.2 Å². The number of carbonyl (C=O) groups excluding carboxylic acids is 1. The fourth-order valence-electron chi connectivity index (χ4n) is 2.41. The highest BCUT2D eigenvalue weighted by atomic mass is 16.2. The molecule has 1 saturated carbocycles. The normalized spacial score (nSPS) is 13.9. The minimum Gasteiger partial charge on any atom is -0.349 e. The summed E-state index contributed by atoms with van der Waals surface area (Å²) in [5.74, 6) is -0.0870. The fraction of sp³-hybridized carbons (Fsp3) is 0.176. The van der Waals surface area contributed by atoms with Crippen LogP contribution < -0.4 is 10.9 Å². The molecule has 0 saturated heterocycles. The predicted octanol–water partition coefficient (Wildman–Crippen LogP) is 1.67. The second kappa shape index (κ2) is 5.31. The number of nitrogens with zero attached hydrogens (tertiary/aromatic N) is 3. The first-order chi connectivity index (χ1) is 11.2. The quantitative estimate of drug-likeness (QED) is 0.798. The second-order valence-electron chi connectivity index (χ2n) is 5.62. The van der Waals surface area contributed by atoms with E-state index < -0.39 is 0 Å². The Kier molecular flexibility index (Phi) is 3.15. The summed E-state index contributed by atoms with van der Waals surface area (Å²) in [4.78, 5) is 24.5. The van der Waals surface area contributed by atoms with Gasteiger partial charge in [0.05, 0.1) is 11.1 Å². The molecule has 1 aromatic heterocycles. The van der Waals surface area contributed by atoms with Crippen molar-refractivity contribution >= 4 is 16.8 Å². The van der Waals surface area contributed by atoms with E-state index in [1.165, 1.54) is 4.68 Å². The van der Waals surface area contributed by atoms with Gasteiger partial charge >= 0.3 is 0 Å². The predicted molar refractivity (Wildman–Crippen MR) is 85.6 cm³/mol. The molecule has 2 aromatic carbocycles. The first-order valence-electron chi connectivity index (χ1n) is 7.48. The lowest BCUT2D eigenvalue weighted by molar-refractivity contribution is 0.0951. The highest BCUT2D eigenvalue weighted by Gasteiger charge is 2.23. The maximum absolute atomic E-state index is 12.5. The minimum absolute atomic E-state index is 0.0870. The van der Waals surface area contributed by atoms with Crippen molar-refractivity contribution in [2.75, 3.05) is 0 Å². The molecule has 1 N–H and O–H groups in total. The maximum atomic E-state index is 12.5. The van der Waals surface area contributed by atoms with Crippen molar-refractivity contribution in [3.8, 4) is 5.69 Å². The van der Waals surface area contributed by atoms with E-state index >= 15 is 0 Å². The van der Waals surface area contributed by atoms with Crippen LogP contribution in [-0.4, -0.2) is 26.9 Å². The van der Waals surface area contributed by atoms with Crippen LogP contribution in [0.4, 0.5) is 0 Å². The smallest absolute Gasteiger partial charge is 0.282 e. The summed E-state index contributed by atoms with van der Waals surface area (Å²) in [5, 5.41) is 11.5. The minimum atomic E-state index is -0.231. The van der Waals surface area contributed by atoms with Crippen LogP contribution >= 0.6 is 0 Å². The molecule has 0 unspecified atom stereocenters. The van der Waals surface area contributed by atoms with Gasteiger partial charge in [-0.25, -0.2) is 0 Å². The van der Waals surface area contributed by atoms with Crippen LogP contribution in [0.1, 0.15) is 23.2 Å². The number of nitrogens with one attached hydrogen (secondary N) is 1. The number of rotatable bonds is 3. The van der Waals surface area contributed by atoms with Crippen molar-refractivity contribution in [3.63, 3.8) is 0 Å². The number of fused-ring (bicyclic) bond motifs is 1. The Morgan fingerprint density at radius 3 is 2.57 bits per heavy atom. The summed E-state index contributed by atoms with van der Waals surface area (Å²) in [7, 11) is 0. The highest BCUT2D eigenvalue weighted by molar-refractivity contribution is 5.94. The Morgan fingerprint density at radius 1 is 1.09 bits per heavy atom. The second-order valence-corrected chi connectivity index (χ2v) is 5.62. The van der Waals surface area contributed by atoms with Crippen molar-refractivity contribution in [3.05, 3.63) is 64.4 Å². The Bertz CT molecular complexity index is 943. The monoisotopic (exact) mass is 306 g/mol. The van der Waals surface area contributed by atoms with Gasteiger partial charge in [0.1, 0.15) is 5.52 Å². The van der Waals surface area contributed by atoms with E-state index in [0.717, 1.165) is 12.8 Å². The number of amides is 1. The summed E-state index contributed by atoms with van der Waals surface area (Å²) in [6.07, 6.45) is 2.10. The van der Waals surface area contributed by atoms with E-state index in [9.17, 15) is 9.59 Å². The Balaban J connectivity index is 1.69. The third kappa shape index (κ3) is 2.59. The highest BCUT2D eigenvalue weighted by Crippen LogP contribution is 2.19. The lowest BCUT2D eigenvalue weighted by Crippen LogP contribution is -2.25. The van der Waals surface area contributed by atoms with E-state index in [1.807, 2.05) is 6.07 Å². The number of hydrogen-bond donors (Lipinski definition) is 1. The third-order valence-corrected chi connectivity index (χ3v) is 3.86. The van der Waals surface area contributed by atoms with Gasteiger partial charge in [-0.3, -0.25) is 9.59 Å². The zero-order chi connectivity index (χ0) is 15.8. The van der Waals surface area contributed by atoms with E-state index in [4.69, 9.17) is 0 Å². The number of benzene rings is 2. The molecule has 1 aliphatic carbocycles. The summed E-state index contributed by atoms with van der Waals surface area (Å²) >= 11 is 0. The Hall–Kier alpha value is -3.02. The molecule has 0 spiro atoms. The van der Waals surface area contributed by atoms with Gasteiger partial charge in [-0.05, 0) is 49.2 Å². The maximum Gasteiger partial charge on any atom is 0.282 e. The van der Waals surface area contributed by atoms with Crippen LogP contribution in [-0.2, 0) is 0 Å². The van der Waals surface area contributed by atoms with Crippen LogP contribution in [0.5, 0.6) is 0 Å². The Labute approximate surface area is 131 Å². The zero-order valence-electron chi connectivity index (χ0n) is 12.3. The molecule has 6 heteroatoms. The number of aromatic nitrogens is 3. The standard InChI is InChI=1S/C17H14N4O2/c22-16(18-12-7-8-12)11-5-9-13(10-6-11)21-17(23)14-3-1-2-4-15(14)19-20-21/h1-6,9-10,12H,7-8H2,(H,18,22). The lowest BCUT2D eigenvalue weighted by Gasteiger charge is -2.06. The van der Waals surface area contributed by atoms with Gasteiger partial charge in [0, 0.05) is 11.6 Å². The first kappa shape index (κ1) is 13.6. The summed E-state index contributed by atoms with van der Waals surface area (Å²) < 4.78 is 1.24. The van der Waals surface area contributed by atoms with Crippen molar-refractivity contribution in [1.82, 2.24) is 20.3 Å². The molecule has 0 aliphatic heterocycles. The van der Waals surface area contributed by atoms with Gasteiger partial charge in [0.15, 0.2) is 0 Å². The molecule has 23 heavy (non-hydrogen) atoms. The molecule has 6 nitrogen and oxygen atoms in total. The molecule has 0 atom stereocenters. The number of hydrogen-bond acceptors (Lipinski definition) is 4. The fourth-order valence-corrected chi connectivity index (χ4v) is 2.41. The van der Waals surface area contributed by atoms with Gasteiger partial charge in [0.25, 0.3) is 11.5 Å². The molecule has 1 heterocycles. The third-order valence-electron chi connectivity index (χ3n) is 3.86. The number of carbonyl (C=O) groups is 1. The molecule has 1 amide bonds. The molecule has 114 valence electrons. The molecule has 1 aliphatic rings. The van der Waals surface area contributed by atoms with Crippen molar-refractivity contribution < 1.29 is 4.79 Å². The molecule has 4 rings (SSSR count). The van der Waals surface area contributed by atoms with Crippen molar-refractivity contribution in [1.29, 1.82) is 0 Å². The SMILES string of the molecule is O=C(NC1CC1)c1ccc(-n2nnc3ccccc3c2=O)cc1. The molecule has 1 fully saturated rings. The van der Waals surface area contributed by atoms with Gasteiger partial charge in [-0.15, -0.1) is 5.10 Å². The van der Waals surface area contributed by atoms with Gasteiger partial charge in [0.2, 0.25) is 0 Å². The van der Waals surface area contributed by atoms with Crippen molar-refractivity contribution in [2.24, 2.45) is 0 Å². The molecule has 0 bridgehead atoms.